The van der Waals surface area contributed by atoms with Gasteiger partial charge in [-0.05, 0) is 68.8 Å². The highest BCUT2D eigenvalue weighted by Gasteiger charge is 2.19. The van der Waals surface area contributed by atoms with Crippen LogP contribution in [0, 0.1) is 13.8 Å². The van der Waals surface area contributed by atoms with Gasteiger partial charge in [-0.25, -0.2) is 15.0 Å². The highest BCUT2D eigenvalue weighted by atomic mass is 16.7. The summed E-state index contributed by atoms with van der Waals surface area (Å²) in [5, 5.41) is 3.98. The Hall–Kier alpha value is -4.73. The zero-order chi connectivity index (χ0) is 26.9. The Balaban J connectivity index is 1.83. The molecule has 192 valence electrons. The number of amides is 1. The second-order valence-electron chi connectivity index (χ2n) is 7.91. The molecule has 0 bridgehead atoms. The molecule has 3 aromatic rings. The fourth-order valence-electron chi connectivity index (χ4n) is 3.51. The maximum atomic E-state index is 12.8. The average molecular weight is 506 g/mol. The molecule has 1 aromatic heterocycles. The van der Waals surface area contributed by atoms with Crippen LogP contribution in [-0.2, 0) is 19.0 Å². The molecule has 0 fully saturated rings. The molecule has 10 heteroatoms. The molecule has 0 saturated carbocycles. The predicted molar refractivity (Wildman–Crippen MR) is 135 cm³/mol. The van der Waals surface area contributed by atoms with Gasteiger partial charge in [0.25, 0.3) is 5.91 Å². The molecule has 0 aliphatic rings. The number of aryl methyl sites for hydroxylation is 2. The Kier molecular flexibility index (Phi) is 8.93. The summed E-state index contributed by atoms with van der Waals surface area (Å²) in [6.07, 6.45) is 1.41. The van der Waals surface area contributed by atoms with E-state index in [0.29, 0.717) is 16.8 Å². The van der Waals surface area contributed by atoms with Crippen LogP contribution in [0.3, 0.4) is 0 Å². The van der Waals surface area contributed by atoms with E-state index in [1.807, 2.05) is 30.5 Å². The zero-order valence-corrected chi connectivity index (χ0v) is 20.9. The van der Waals surface area contributed by atoms with Gasteiger partial charge < -0.3 is 18.8 Å². The third-order valence-electron chi connectivity index (χ3n) is 5.22. The maximum Gasteiger partial charge on any atom is 0.343 e. The number of nitrogens with one attached hydrogen (secondary N) is 1. The SMILES string of the molecule is CCOC(=O)c1cccc(/C=N/NC(=O)c2ccc(C(=O)OCOC(C)=O)c(-n3c(C)ccc3C)c2)c1. The van der Waals surface area contributed by atoms with E-state index in [9.17, 15) is 19.2 Å². The van der Waals surface area contributed by atoms with Crippen LogP contribution >= 0.6 is 0 Å². The Bertz CT molecular complexity index is 1340. The van der Waals surface area contributed by atoms with Crippen LogP contribution < -0.4 is 5.43 Å². The summed E-state index contributed by atoms with van der Waals surface area (Å²) >= 11 is 0. The van der Waals surface area contributed by atoms with Gasteiger partial charge in [-0.3, -0.25) is 9.59 Å². The minimum atomic E-state index is -0.713. The number of hydrogen-bond donors (Lipinski definition) is 1. The zero-order valence-electron chi connectivity index (χ0n) is 20.9. The highest BCUT2D eigenvalue weighted by molar-refractivity contribution is 5.99. The molecular weight excluding hydrogens is 478 g/mol. The van der Waals surface area contributed by atoms with Crippen molar-refractivity contribution in [3.8, 4) is 5.69 Å². The first-order valence-corrected chi connectivity index (χ1v) is 11.4. The van der Waals surface area contributed by atoms with Gasteiger partial charge >= 0.3 is 17.9 Å². The summed E-state index contributed by atoms with van der Waals surface area (Å²) in [5.74, 6) is -2.25. The summed E-state index contributed by atoms with van der Waals surface area (Å²) in [6, 6.07) is 14.9. The van der Waals surface area contributed by atoms with Crippen molar-refractivity contribution in [2.45, 2.75) is 27.7 Å². The molecule has 1 N–H and O–H groups in total. The lowest BCUT2D eigenvalue weighted by Gasteiger charge is -2.15. The molecule has 0 aliphatic carbocycles. The second-order valence-corrected chi connectivity index (χ2v) is 7.91. The number of benzene rings is 2. The molecule has 0 aliphatic heterocycles. The number of ether oxygens (including phenoxy) is 3. The predicted octanol–water partition coefficient (Wildman–Crippen LogP) is 3.71. The topological polar surface area (TPSA) is 125 Å². The molecule has 10 nitrogen and oxygen atoms in total. The molecule has 37 heavy (non-hydrogen) atoms. The number of esters is 3. The summed E-state index contributed by atoms with van der Waals surface area (Å²) in [5.41, 5.74) is 5.94. The van der Waals surface area contributed by atoms with Crippen LogP contribution in [0.15, 0.2) is 59.7 Å². The minimum Gasteiger partial charge on any atom is -0.462 e. The first-order chi connectivity index (χ1) is 17.7. The van der Waals surface area contributed by atoms with Crippen molar-refractivity contribution in [1.82, 2.24) is 9.99 Å². The summed E-state index contributed by atoms with van der Waals surface area (Å²) in [7, 11) is 0. The Labute approximate surface area is 213 Å². The van der Waals surface area contributed by atoms with Crippen LogP contribution in [0.4, 0.5) is 0 Å². The molecule has 3 rings (SSSR count). The minimum absolute atomic E-state index is 0.186. The van der Waals surface area contributed by atoms with E-state index in [1.165, 1.54) is 25.3 Å². The van der Waals surface area contributed by atoms with Crippen LogP contribution in [-0.4, -0.2) is 48.0 Å². The van der Waals surface area contributed by atoms with E-state index in [2.05, 4.69) is 10.5 Å². The smallest absolute Gasteiger partial charge is 0.343 e. The fourth-order valence-corrected chi connectivity index (χ4v) is 3.51. The lowest BCUT2D eigenvalue weighted by Crippen LogP contribution is -2.20. The number of hydrogen-bond acceptors (Lipinski definition) is 8. The number of carbonyl (C=O) groups is 4. The number of aromatic nitrogens is 1. The largest absolute Gasteiger partial charge is 0.462 e. The van der Waals surface area contributed by atoms with Gasteiger partial charge in [0.15, 0.2) is 0 Å². The standard InChI is InChI=1S/C27H27N3O7/c1-5-35-26(33)22-8-6-7-20(13-22)15-28-29-25(32)21-11-12-23(27(34)37-16-36-19(4)31)24(14-21)30-17(2)9-10-18(30)3/h6-15H,5,16H2,1-4H3,(H,29,32)/b28-15+. The quantitative estimate of drug-likeness (QED) is 0.203. The van der Waals surface area contributed by atoms with E-state index < -0.39 is 30.6 Å². The van der Waals surface area contributed by atoms with Crippen LogP contribution in [0.5, 0.6) is 0 Å². The maximum absolute atomic E-state index is 12.8. The second kappa shape index (κ2) is 12.3. The Morgan fingerprint density at radius 3 is 2.30 bits per heavy atom. The number of carbonyl (C=O) groups excluding carboxylic acids is 4. The first kappa shape index (κ1) is 26.9. The van der Waals surface area contributed by atoms with Crippen molar-refractivity contribution in [1.29, 1.82) is 0 Å². The van der Waals surface area contributed by atoms with Gasteiger partial charge in [0.2, 0.25) is 6.79 Å². The van der Waals surface area contributed by atoms with Crippen molar-refractivity contribution in [3.63, 3.8) is 0 Å². The molecule has 0 radical (unpaired) electrons. The van der Waals surface area contributed by atoms with Crippen molar-refractivity contribution < 1.29 is 33.4 Å². The van der Waals surface area contributed by atoms with Gasteiger partial charge in [-0.1, -0.05) is 12.1 Å². The summed E-state index contributed by atoms with van der Waals surface area (Å²) in [4.78, 5) is 48.4. The third kappa shape index (κ3) is 6.91. The van der Waals surface area contributed by atoms with Gasteiger partial charge in [0, 0.05) is 23.9 Å². The van der Waals surface area contributed by atoms with Crippen LogP contribution in [0.2, 0.25) is 0 Å². The van der Waals surface area contributed by atoms with Crippen molar-refractivity contribution in [2.75, 3.05) is 13.4 Å². The average Bonchev–Trinajstić information content (AvgIpc) is 3.21. The van der Waals surface area contributed by atoms with Crippen LogP contribution in [0.25, 0.3) is 5.69 Å². The lowest BCUT2D eigenvalue weighted by molar-refractivity contribution is -0.149. The van der Waals surface area contributed by atoms with Crippen molar-refractivity contribution in [2.24, 2.45) is 5.10 Å². The van der Waals surface area contributed by atoms with E-state index >= 15 is 0 Å². The Morgan fingerprint density at radius 1 is 0.892 bits per heavy atom. The van der Waals surface area contributed by atoms with Gasteiger partial charge in [-0.2, -0.15) is 5.10 Å². The molecule has 1 amide bonds. The summed E-state index contributed by atoms with van der Waals surface area (Å²) in [6.45, 7) is 6.40. The van der Waals surface area contributed by atoms with E-state index in [-0.39, 0.29) is 17.7 Å². The first-order valence-electron chi connectivity index (χ1n) is 11.4. The fraction of sp³-hybridized carbons (Fsp3) is 0.222. The molecule has 0 saturated heterocycles. The van der Waals surface area contributed by atoms with Crippen LogP contribution in [0.1, 0.15) is 61.9 Å². The van der Waals surface area contributed by atoms with Gasteiger partial charge in [-0.15, -0.1) is 0 Å². The number of nitrogens with zero attached hydrogens (tertiary/aromatic N) is 2. The number of hydrazone groups is 1. The molecule has 2 aromatic carbocycles. The molecule has 0 atom stereocenters. The molecule has 0 unspecified atom stereocenters. The monoisotopic (exact) mass is 505 g/mol. The van der Waals surface area contributed by atoms with Crippen molar-refractivity contribution in [3.05, 3.63) is 88.2 Å². The van der Waals surface area contributed by atoms with E-state index in [4.69, 9.17) is 14.2 Å². The third-order valence-corrected chi connectivity index (χ3v) is 5.22. The molecule has 1 heterocycles. The summed E-state index contributed by atoms with van der Waals surface area (Å²) < 4.78 is 16.6. The molecular formula is C27H27N3O7. The molecule has 0 spiro atoms. The highest BCUT2D eigenvalue weighted by Crippen LogP contribution is 2.23. The number of rotatable bonds is 9. The lowest BCUT2D eigenvalue weighted by atomic mass is 10.1. The van der Waals surface area contributed by atoms with E-state index in [0.717, 1.165) is 11.4 Å². The normalized spacial score (nSPS) is 10.7. The van der Waals surface area contributed by atoms with Gasteiger partial charge in [0.05, 0.1) is 29.6 Å². The Morgan fingerprint density at radius 2 is 1.62 bits per heavy atom. The van der Waals surface area contributed by atoms with Crippen molar-refractivity contribution >= 4 is 30.0 Å². The van der Waals surface area contributed by atoms with E-state index in [1.54, 1.807) is 37.3 Å². The van der Waals surface area contributed by atoms with Gasteiger partial charge in [0.1, 0.15) is 0 Å².